The van der Waals surface area contributed by atoms with Crippen LogP contribution in [0.2, 0.25) is 5.02 Å². The zero-order valence-electron chi connectivity index (χ0n) is 20.6. The predicted molar refractivity (Wildman–Crippen MR) is 161 cm³/mol. The fourth-order valence-corrected chi connectivity index (χ4v) is 5.12. The second-order valence-corrected chi connectivity index (χ2v) is 10.1. The van der Waals surface area contributed by atoms with Crippen molar-refractivity contribution in [2.24, 2.45) is 5.10 Å². The molecule has 1 aliphatic heterocycles. The monoisotopic (exact) mass is 634 g/mol. The molecule has 0 radical (unpaired) electrons. The Hall–Kier alpha value is -3.62. The molecule has 38 heavy (non-hydrogen) atoms. The maximum atomic E-state index is 13.6. The van der Waals surface area contributed by atoms with Crippen LogP contribution in [0.4, 0.5) is 5.69 Å². The van der Waals surface area contributed by atoms with Crippen molar-refractivity contribution in [2.75, 3.05) is 11.6 Å². The van der Waals surface area contributed by atoms with Crippen LogP contribution < -0.4 is 14.5 Å². The molecule has 0 N–H and O–H groups in total. The lowest BCUT2D eigenvalue weighted by Crippen LogP contribution is -2.21. The molecule has 0 aliphatic carbocycles. The van der Waals surface area contributed by atoms with E-state index in [0.717, 1.165) is 20.3 Å². The number of amides is 1. The summed E-state index contributed by atoms with van der Waals surface area (Å²) in [6, 6.07) is 30.6. The Morgan fingerprint density at radius 2 is 1.66 bits per heavy atom. The predicted octanol–water partition coefficient (Wildman–Crippen LogP) is 7.76. The summed E-state index contributed by atoms with van der Waals surface area (Å²) in [6.07, 6.45) is 1.86. The van der Waals surface area contributed by atoms with E-state index in [0.29, 0.717) is 46.7 Å². The quantitative estimate of drug-likeness (QED) is 0.147. The minimum Gasteiger partial charge on any atom is -0.490 e. The Labute approximate surface area is 240 Å². The molecule has 0 bridgehead atoms. The van der Waals surface area contributed by atoms with E-state index in [1.165, 1.54) is 5.01 Å². The number of ether oxygens (including phenoxy) is 2. The number of carbonyl (C=O) groups excluding carboxylic acids is 1. The van der Waals surface area contributed by atoms with Crippen LogP contribution in [0.1, 0.15) is 23.6 Å². The molecule has 5 nitrogen and oxygen atoms in total. The van der Waals surface area contributed by atoms with Crippen molar-refractivity contribution in [1.29, 1.82) is 0 Å². The normalized spacial score (nSPS) is 14.1. The minimum atomic E-state index is -0.190. The third-order valence-electron chi connectivity index (χ3n) is 5.84. The maximum Gasteiger partial charge on any atom is 0.281 e. The summed E-state index contributed by atoms with van der Waals surface area (Å²) < 4.78 is 13.0. The fourth-order valence-electron chi connectivity index (χ4n) is 4.12. The van der Waals surface area contributed by atoms with Gasteiger partial charge in [0.2, 0.25) is 0 Å². The third kappa shape index (κ3) is 5.76. The lowest BCUT2D eigenvalue weighted by molar-refractivity contribution is -0.114. The molecule has 7 heteroatoms. The summed E-state index contributed by atoms with van der Waals surface area (Å²) in [5.41, 5.74) is 4.48. The zero-order valence-corrected chi connectivity index (χ0v) is 23.5. The van der Waals surface area contributed by atoms with Gasteiger partial charge in [0.05, 0.1) is 21.4 Å². The van der Waals surface area contributed by atoms with Crippen LogP contribution in [0.3, 0.4) is 0 Å². The summed E-state index contributed by atoms with van der Waals surface area (Å²) >= 11 is 8.37. The highest BCUT2D eigenvalue weighted by Crippen LogP contribution is 2.36. The van der Waals surface area contributed by atoms with Gasteiger partial charge in [-0.25, -0.2) is 0 Å². The largest absolute Gasteiger partial charge is 0.490 e. The molecule has 0 atom stereocenters. The maximum absolute atomic E-state index is 13.6. The number of nitrogens with zero attached hydrogens (tertiary/aromatic N) is 2. The number of hydrazone groups is 1. The summed E-state index contributed by atoms with van der Waals surface area (Å²) in [7, 11) is 0. The van der Waals surface area contributed by atoms with E-state index >= 15 is 0 Å². The molecular formula is C31H24ClIN2O3. The first kappa shape index (κ1) is 26.0. The number of hydrogen-bond donors (Lipinski definition) is 0. The van der Waals surface area contributed by atoms with Gasteiger partial charge in [-0.05, 0) is 83.1 Å². The molecule has 1 heterocycles. The molecule has 190 valence electrons. The van der Waals surface area contributed by atoms with Crippen LogP contribution in [0.25, 0.3) is 6.08 Å². The zero-order chi connectivity index (χ0) is 26.5. The highest BCUT2D eigenvalue weighted by Gasteiger charge is 2.32. The summed E-state index contributed by atoms with van der Waals surface area (Å²) in [6.45, 7) is 2.75. The van der Waals surface area contributed by atoms with E-state index in [-0.39, 0.29) is 5.91 Å². The molecule has 0 fully saturated rings. The second-order valence-electron chi connectivity index (χ2n) is 8.51. The Balaban J connectivity index is 1.52. The number of carbonyl (C=O) groups is 1. The van der Waals surface area contributed by atoms with Gasteiger partial charge in [0.15, 0.2) is 11.5 Å². The standard InChI is InChI=1S/C31H24ClIN2O3/c1-2-37-28-19-22(18-27(33)30(28)38-20-21-10-9-13-24(32)16-21)17-26-29(23-11-5-3-6-12-23)34-35(31(26)36)25-14-7-4-8-15-25/h3-19H,2,20H2,1H3/b26-17-. The van der Waals surface area contributed by atoms with Crippen LogP contribution in [0, 0.1) is 3.57 Å². The van der Waals surface area contributed by atoms with Crippen LogP contribution in [0.5, 0.6) is 11.5 Å². The van der Waals surface area contributed by atoms with E-state index in [1.807, 2.05) is 110 Å². The van der Waals surface area contributed by atoms with Gasteiger partial charge in [-0.1, -0.05) is 72.3 Å². The molecule has 0 aromatic heterocycles. The van der Waals surface area contributed by atoms with Crippen molar-refractivity contribution in [2.45, 2.75) is 13.5 Å². The lowest BCUT2D eigenvalue weighted by atomic mass is 10.00. The van der Waals surface area contributed by atoms with Gasteiger partial charge in [-0.15, -0.1) is 0 Å². The van der Waals surface area contributed by atoms with Gasteiger partial charge in [0, 0.05) is 10.6 Å². The Bertz CT molecular complexity index is 1520. The Kier molecular flexibility index (Phi) is 8.10. The molecular weight excluding hydrogens is 611 g/mol. The number of para-hydroxylation sites is 1. The fraction of sp³-hybridized carbons (Fsp3) is 0.0968. The molecule has 4 aromatic carbocycles. The van der Waals surface area contributed by atoms with Crippen LogP contribution >= 0.6 is 34.2 Å². The number of rotatable bonds is 8. The SMILES string of the molecule is CCOc1cc(/C=C2\C(=O)N(c3ccccc3)N=C2c2ccccc2)cc(I)c1OCc1cccc(Cl)c1. The molecule has 1 aliphatic rings. The average molecular weight is 635 g/mol. The van der Waals surface area contributed by atoms with Crippen LogP contribution in [0.15, 0.2) is 108 Å². The highest BCUT2D eigenvalue weighted by molar-refractivity contribution is 14.1. The van der Waals surface area contributed by atoms with Crippen molar-refractivity contribution in [3.63, 3.8) is 0 Å². The topological polar surface area (TPSA) is 51.1 Å². The van der Waals surface area contributed by atoms with Crippen LogP contribution in [-0.4, -0.2) is 18.2 Å². The van der Waals surface area contributed by atoms with Gasteiger partial charge < -0.3 is 9.47 Å². The van der Waals surface area contributed by atoms with Crippen LogP contribution in [-0.2, 0) is 11.4 Å². The molecule has 0 saturated heterocycles. The number of benzene rings is 4. The number of anilines is 1. The smallest absolute Gasteiger partial charge is 0.281 e. The van der Waals surface area contributed by atoms with E-state index in [2.05, 4.69) is 22.6 Å². The number of hydrogen-bond acceptors (Lipinski definition) is 4. The van der Waals surface area contributed by atoms with Gasteiger partial charge in [0.25, 0.3) is 5.91 Å². The third-order valence-corrected chi connectivity index (χ3v) is 6.88. The van der Waals surface area contributed by atoms with E-state index in [9.17, 15) is 4.79 Å². The lowest BCUT2D eigenvalue weighted by Gasteiger charge is -2.15. The molecule has 4 aromatic rings. The molecule has 1 amide bonds. The van der Waals surface area contributed by atoms with Gasteiger partial charge in [0.1, 0.15) is 12.3 Å². The Morgan fingerprint density at radius 1 is 0.921 bits per heavy atom. The van der Waals surface area contributed by atoms with Crippen molar-refractivity contribution >= 4 is 57.6 Å². The average Bonchev–Trinajstić information content (AvgIpc) is 3.25. The molecule has 0 saturated carbocycles. The highest BCUT2D eigenvalue weighted by atomic mass is 127. The molecule has 0 spiro atoms. The second kappa shape index (κ2) is 11.8. The van der Waals surface area contributed by atoms with Crippen molar-refractivity contribution < 1.29 is 14.3 Å². The summed E-state index contributed by atoms with van der Waals surface area (Å²) in [5.74, 6) is 1.07. The van der Waals surface area contributed by atoms with Gasteiger partial charge in [-0.2, -0.15) is 10.1 Å². The van der Waals surface area contributed by atoms with Crippen molar-refractivity contribution in [1.82, 2.24) is 0 Å². The van der Waals surface area contributed by atoms with Crippen molar-refractivity contribution in [3.05, 3.63) is 128 Å². The van der Waals surface area contributed by atoms with Gasteiger partial charge >= 0.3 is 0 Å². The minimum absolute atomic E-state index is 0.190. The first-order valence-corrected chi connectivity index (χ1v) is 13.6. The van der Waals surface area contributed by atoms with E-state index < -0.39 is 0 Å². The van der Waals surface area contributed by atoms with Gasteiger partial charge in [-0.3, -0.25) is 4.79 Å². The molecule has 0 unspecified atom stereocenters. The summed E-state index contributed by atoms with van der Waals surface area (Å²) in [5, 5.41) is 6.83. The van der Waals surface area contributed by atoms with Crippen molar-refractivity contribution in [3.8, 4) is 11.5 Å². The van der Waals surface area contributed by atoms with E-state index in [1.54, 1.807) is 0 Å². The molecule has 5 rings (SSSR count). The first-order chi connectivity index (χ1) is 18.5. The Morgan fingerprint density at radius 3 is 2.37 bits per heavy atom. The van der Waals surface area contributed by atoms with E-state index in [4.69, 9.17) is 26.2 Å². The number of halogens is 2. The first-order valence-electron chi connectivity index (χ1n) is 12.1. The summed E-state index contributed by atoms with van der Waals surface area (Å²) in [4.78, 5) is 13.6.